The number of halogens is 1. The summed E-state index contributed by atoms with van der Waals surface area (Å²) >= 11 is 0. The van der Waals surface area contributed by atoms with E-state index < -0.39 is 5.91 Å². The van der Waals surface area contributed by atoms with Gasteiger partial charge in [-0.1, -0.05) is 17.3 Å². The van der Waals surface area contributed by atoms with Gasteiger partial charge in [0, 0.05) is 18.3 Å². The maximum absolute atomic E-state index is 13.2. The minimum absolute atomic E-state index is 0.194. The van der Waals surface area contributed by atoms with Gasteiger partial charge in [-0.15, -0.1) is 5.10 Å². The van der Waals surface area contributed by atoms with Gasteiger partial charge in [-0.25, -0.2) is 14.1 Å². The molecule has 2 aromatic carbocycles. The van der Waals surface area contributed by atoms with Crippen molar-refractivity contribution in [1.29, 1.82) is 0 Å². The van der Waals surface area contributed by atoms with Crippen molar-refractivity contribution in [3.63, 3.8) is 0 Å². The van der Waals surface area contributed by atoms with E-state index in [1.807, 2.05) is 0 Å². The molecular weight excluding hydrogens is 467 g/mol. The Morgan fingerprint density at radius 3 is 2.36 bits per heavy atom. The summed E-state index contributed by atoms with van der Waals surface area (Å²) in [7, 11) is 4.55. The molecule has 0 saturated carbocycles. The quantitative estimate of drug-likeness (QED) is 0.358. The summed E-state index contributed by atoms with van der Waals surface area (Å²) in [5, 5.41) is 8.47. The lowest BCUT2D eigenvalue weighted by molar-refractivity contribution is 0.100. The molecule has 4 aromatic rings. The molecule has 0 aliphatic heterocycles. The molecule has 0 spiro atoms. The van der Waals surface area contributed by atoms with Crippen molar-refractivity contribution in [3.8, 4) is 17.2 Å². The minimum atomic E-state index is -0.629. The fraction of sp³-hybridized carbons (Fsp3) is 0.200. The summed E-state index contributed by atoms with van der Waals surface area (Å²) in [4.78, 5) is 18.4. The number of ether oxygens (including phenoxy) is 3. The van der Waals surface area contributed by atoms with Crippen LogP contribution in [0.4, 0.5) is 15.9 Å². The van der Waals surface area contributed by atoms with Crippen LogP contribution in [0.15, 0.2) is 60.9 Å². The van der Waals surface area contributed by atoms with Crippen molar-refractivity contribution < 1.29 is 23.4 Å². The molecule has 0 atom stereocenters. The van der Waals surface area contributed by atoms with E-state index in [0.29, 0.717) is 41.0 Å². The summed E-state index contributed by atoms with van der Waals surface area (Å²) in [6, 6.07) is 12.9. The van der Waals surface area contributed by atoms with Gasteiger partial charge in [-0.3, -0.25) is 4.79 Å². The Bertz CT molecular complexity index is 1330. The van der Waals surface area contributed by atoms with Gasteiger partial charge in [0.05, 0.1) is 51.9 Å². The number of benzene rings is 2. The molecule has 0 saturated heterocycles. The molecule has 0 fully saturated rings. The van der Waals surface area contributed by atoms with Crippen LogP contribution in [0.5, 0.6) is 17.2 Å². The van der Waals surface area contributed by atoms with Crippen molar-refractivity contribution in [2.75, 3.05) is 26.2 Å². The first kappa shape index (κ1) is 24.5. The van der Waals surface area contributed by atoms with E-state index in [9.17, 15) is 9.18 Å². The number of nitrogens with zero attached hydrogens (tertiary/aromatic N) is 5. The maximum atomic E-state index is 13.2. The highest BCUT2D eigenvalue weighted by Gasteiger charge is 2.23. The van der Waals surface area contributed by atoms with Gasteiger partial charge >= 0.3 is 0 Å². The number of nitrogens with two attached hydrogens (primary N) is 1. The molecule has 1 amide bonds. The zero-order chi connectivity index (χ0) is 25.7. The number of hydrogen-bond donors (Lipinski definition) is 1. The Morgan fingerprint density at radius 2 is 1.75 bits per heavy atom. The standard InChI is InChI=1S/C25H25FN6O4/c1-34-21-11-19(12-22(35-2)23(21)36-3)32(25-20(24(27)33)5-4-10-28-25)15-18-14-31(30-29-18)13-16-6-8-17(26)9-7-16/h4-12,14H,13,15H2,1-3H3,(H2,27,33). The van der Waals surface area contributed by atoms with E-state index in [4.69, 9.17) is 19.9 Å². The van der Waals surface area contributed by atoms with Gasteiger partial charge in [-0.2, -0.15) is 0 Å². The number of hydrogen-bond acceptors (Lipinski definition) is 8. The Morgan fingerprint density at radius 1 is 1.06 bits per heavy atom. The largest absolute Gasteiger partial charge is 0.493 e. The van der Waals surface area contributed by atoms with Crippen LogP contribution >= 0.6 is 0 Å². The number of amides is 1. The molecule has 2 heterocycles. The van der Waals surface area contributed by atoms with Crippen LogP contribution < -0.4 is 24.8 Å². The molecule has 0 bridgehead atoms. The Hall–Kier alpha value is -4.67. The second kappa shape index (κ2) is 10.7. The SMILES string of the molecule is COc1cc(N(Cc2cn(Cc3ccc(F)cc3)nn2)c2ncccc2C(N)=O)cc(OC)c1OC. The molecule has 36 heavy (non-hydrogen) atoms. The van der Waals surface area contributed by atoms with Crippen molar-refractivity contribution >= 4 is 17.4 Å². The van der Waals surface area contributed by atoms with Crippen LogP contribution in [0.2, 0.25) is 0 Å². The molecule has 0 unspecified atom stereocenters. The first-order chi connectivity index (χ1) is 17.4. The fourth-order valence-electron chi connectivity index (χ4n) is 3.74. The van der Waals surface area contributed by atoms with E-state index in [2.05, 4.69) is 15.3 Å². The van der Waals surface area contributed by atoms with Gasteiger partial charge in [0.15, 0.2) is 11.5 Å². The number of carbonyl (C=O) groups excluding carboxylic acids is 1. The minimum Gasteiger partial charge on any atom is -0.493 e. The van der Waals surface area contributed by atoms with Crippen LogP contribution in [0.1, 0.15) is 21.6 Å². The van der Waals surface area contributed by atoms with Crippen molar-refractivity contribution in [1.82, 2.24) is 20.0 Å². The van der Waals surface area contributed by atoms with Gasteiger partial charge < -0.3 is 24.8 Å². The number of primary amides is 1. The number of carbonyl (C=O) groups is 1. The highest BCUT2D eigenvalue weighted by Crippen LogP contribution is 2.43. The fourth-order valence-corrected chi connectivity index (χ4v) is 3.74. The molecule has 2 aromatic heterocycles. The number of rotatable bonds is 10. The zero-order valence-corrected chi connectivity index (χ0v) is 20.0. The second-order valence-corrected chi connectivity index (χ2v) is 7.74. The molecule has 2 N–H and O–H groups in total. The Labute approximate surface area is 207 Å². The first-order valence-corrected chi connectivity index (χ1v) is 10.9. The molecule has 11 heteroatoms. The molecule has 10 nitrogen and oxygen atoms in total. The summed E-state index contributed by atoms with van der Waals surface area (Å²) in [6.45, 7) is 0.604. The third-order valence-electron chi connectivity index (χ3n) is 5.43. The van der Waals surface area contributed by atoms with Crippen LogP contribution in [0.3, 0.4) is 0 Å². The maximum Gasteiger partial charge on any atom is 0.252 e. The third-order valence-corrected chi connectivity index (χ3v) is 5.43. The van der Waals surface area contributed by atoms with Gasteiger partial charge in [0.25, 0.3) is 5.91 Å². The predicted molar refractivity (Wildman–Crippen MR) is 130 cm³/mol. The van der Waals surface area contributed by atoms with Crippen LogP contribution in [-0.4, -0.2) is 47.2 Å². The van der Waals surface area contributed by atoms with Gasteiger partial charge in [-0.05, 0) is 29.8 Å². The zero-order valence-electron chi connectivity index (χ0n) is 20.0. The predicted octanol–water partition coefficient (Wildman–Crippen LogP) is 3.32. The molecular formula is C25H25FN6O4. The Balaban J connectivity index is 1.75. The molecule has 186 valence electrons. The Kier molecular flexibility index (Phi) is 7.28. The highest BCUT2D eigenvalue weighted by atomic mass is 19.1. The molecule has 0 aliphatic carbocycles. The lowest BCUT2D eigenvalue weighted by Gasteiger charge is -2.26. The van der Waals surface area contributed by atoms with Gasteiger partial charge in [0.1, 0.15) is 17.3 Å². The van der Waals surface area contributed by atoms with Crippen molar-refractivity contribution in [2.45, 2.75) is 13.1 Å². The summed E-state index contributed by atoms with van der Waals surface area (Å²) in [5.74, 6) is 0.661. The monoisotopic (exact) mass is 492 g/mol. The second-order valence-electron chi connectivity index (χ2n) is 7.74. The van der Waals surface area contributed by atoms with E-state index in [1.54, 1.807) is 58.4 Å². The first-order valence-electron chi connectivity index (χ1n) is 10.9. The average molecular weight is 493 g/mol. The van der Waals surface area contributed by atoms with Crippen molar-refractivity contribution in [3.05, 3.63) is 83.6 Å². The summed E-state index contributed by atoms with van der Waals surface area (Å²) in [5.41, 5.74) is 7.93. The van der Waals surface area contributed by atoms with E-state index in [-0.39, 0.29) is 17.9 Å². The smallest absolute Gasteiger partial charge is 0.252 e. The van der Waals surface area contributed by atoms with E-state index in [1.165, 1.54) is 33.5 Å². The van der Waals surface area contributed by atoms with Gasteiger partial charge in [0.2, 0.25) is 5.75 Å². The van der Waals surface area contributed by atoms with E-state index >= 15 is 0 Å². The number of pyridine rings is 1. The lowest BCUT2D eigenvalue weighted by atomic mass is 10.1. The van der Waals surface area contributed by atoms with Crippen molar-refractivity contribution in [2.24, 2.45) is 5.73 Å². The highest BCUT2D eigenvalue weighted by molar-refractivity contribution is 5.98. The number of aromatic nitrogens is 4. The normalized spacial score (nSPS) is 10.7. The molecule has 0 aliphatic rings. The topological polar surface area (TPSA) is 118 Å². The summed E-state index contributed by atoms with van der Waals surface area (Å²) < 4.78 is 31.3. The van der Waals surface area contributed by atoms with E-state index in [0.717, 1.165) is 5.56 Å². The lowest BCUT2D eigenvalue weighted by Crippen LogP contribution is -2.23. The number of methoxy groups -OCH3 is 3. The summed E-state index contributed by atoms with van der Waals surface area (Å²) in [6.07, 6.45) is 3.33. The van der Waals surface area contributed by atoms with Crippen LogP contribution in [-0.2, 0) is 13.1 Å². The third kappa shape index (κ3) is 5.19. The number of anilines is 2. The molecule has 4 rings (SSSR count). The van der Waals surface area contributed by atoms with Crippen LogP contribution in [0, 0.1) is 5.82 Å². The van der Waals surface area contributed by atoms with Crippen LogP contribution in [0.25, 0.3) is 0 Å². The average Bonchev–Trinajstić information content (AvgIpc) is 3.34. The molecule has 0 radical (unpaired) electrons.